The number of halogens is 3. The van der Waals surface area contributed by atoms with Gasteiger partial charge in [-0.15, -0.1) is 0 Å². The summed E-state index contributed by atoms with van der Waals surface area (Å²) >= 11 is 3.17. The number of aromatic nitrogens is 2. The molecule has 1 N–H and O–H groups in total. The van der Waals surface area contributed by atoms with Crippen LogP contribution in [-0.4, -0.2) is 29.5 Å². The third-order valence-corrected chi connectivity index (χ3v) is 2.16. The lowest BCUT2D eigenvalue weighted by Gasteiger charge is -2.09. The van der Waals surface area contributed by atoms with E-state index in [2.05, 4.69) is 31.2 Å². The number of ether oxygens (including phenoxy) is 1. The lowest BCUT2D eigenvalue weighted by Crippen LogP contribution is -2.10. The molecule has 1 aromatic rings. The van der Waals surface area contributed by atoms with Gasteiger partial charge in [-0.25, -0.2) is 18.7 Å². The number of hydrogen-bond acceptors (Lipinski definition) is 4. The standard InChI is InChI=1S/C8H10BrF2N3O/c1-2-12-7-6(9)8(14-4-13-7)15-3-5(10)11/h4-5H,2-3H2,1H3,(H,12,13,14). The van der Waals surface area contributed by atoms with E-state index >= 15 is 0 Å². The number of nitrogens with zero attached hydrogens (tertiary/aromatic N) is 2. The Hall–Kier alpha value is -0.980. The van der Waals surface area contributed by atoms with Crippen molar-refractivity contribution in [1.29, 1.82) is 0 Å². The number of alkyl halides is 2. The molecule has 0 atom stereocenters. The van der Waals surface area contributed by atoms with Crippen LogP contribution in [0.5, 0.6) is 5.88 Å². The van der Waals surface area contributed by atoms with Crippen molar-refractivity contribution in [1.82, 2.24) is 9.97 Å². The Balaban J connectivity index is 2.75. The van der Waals surface area contributed by atoms with Gasteiger partial charge in [-0.1, -0.05) is 0 Å². The summed E-state index contributed by atoms with van der Waals surface area (Å²) in [5.41, 5.74) is 0. The summed E-state index contributed by atoms with van der Waals surface area (Å²) in [5.74, 6) is 0.637. The lowest BCUT2D eigenvalue weighted by molar-refractivity contribution is 0.0791. The predicted octanol–water partition coefficient (Wildman–Crippen LogP) is 2.31. The highest BCUT2D eigenvalue weighted by atomic mass is 79.9. The first-order valence-corrected chi connectivity index (χ1v) is 5.09. The van der Waals surface area contributed by atoms with Gasteiger partial charge in [0, 0.05) is 6.54 Å². The maximum Gasteiger partial charge on any atom is 0.272 e. The van der Waals surface area contributed by atoms with Gasteiger partial charge >= 0.3 is 0 Å². The van der Waals surface area contributed by atoms with Gasteiger partial charge < -0.3 is 10.1 Å². The molecule has 0 unspecified atom stereocenters. The van der Waals surface area contributed by atoms with E-state index in [9.17, 15) is 8.78 Å². The fourth-order valence-corrected chi connectivity index (χ4v) is 1.35. The highest BCUT2D eigenvalue weighted by Gasteiger charge is 2.11. The first-order chi connectivity index (χ1) is 7.15. The minimum absolute atomic E-state index is 0.112. The van der Waals surface area contributed by atoms with Gasteiger partial charge in [0.2, 0.25) is 5.88 Å². The molecule has 84 valence electrons. The van der Waals surface area contributed by atoms with E-state index < -0.39 is 13.0 Å². The van der Waals surface area contributed by atoms with Crippen molar-refractivity contribution < 1.29 is 13.5 Å². The first kappa shape index (κ1) is 12.1. The molecular weight excluding hydrogens is 272 g/mol. The molecule has 1 heterocycles. The van der Waals surface area contributed by atoms with E-state index in [0.29, 0.717) is 16.8 Å². The van der Waals surface area contributed by atoms with Crippen molar-refractivity contribution in [2.45, 2.75) is 13.3 Å². The third-order valence-electron chi connectivity index (χ3n) is 1.45. The van der Waals surface area contributed by atoms with Crippen molar-refractivity contribution >= 4 is 21.7 Å². The molecule has 0 fully saturated rings. The molecule has 0 saturated heterocycles. The van der Waals surface area contributed by atoms with Crippen LogP contribution < -0.4 is 10.1 Å². The molecule has 1 rings (SSSR count). The smallest absolute Gasteiger partial charge is 0.272 e. The summed E-state index contributed by atoms with van der Waals surface area (Å²) in [6.07, 6.45) is -1.27. The zero-order valence-electron chi connectivity index (χ0n) is 8.01. The van der Waals surface area contributed by atoms with Crippen LogP contribution in [0.2, 0.25) is 0 Å². The second kappa shape index (κ2) is 5.79. The number of anilines is 1. The molecular formula is C8H10BrF2N3O. The highest BCUT2D eigenvalue weighted by molar-refractivity contribution is 9.10. The Kier molecular flexibility index (Phi) is 4.67. The van der Waals surface area contributed by atoms with Crippen LogP contribution in [0.25, 0.3) is 0 Å². The SMILES string of the molecule is CCNc1ncnc(OCC(F)F)c1Br. The van der Waals surface area contributed by atoms with Crippen molar-refractivity contribution in [3.05, 3.63) is 10.8 Å². The number of nitrogens with one attached hydrogen (secondary N) is 1. The summed E-state index contributed by atoms with van der Waals surface area (Å²) in [4.78, 5) is 7.66. The molecule has 0 saturated carbocycles. The molecule has 4 nitrogen and oxygen atoms in total. The summed E-state index contributed by atoms with van der Waals surface area (Å²) < 4.78 is 29.1. The minimum atomic E-state index is -2.52. The summed E-state index contributed by atoms with van der Waals surface area (Å²) in [6.45, 7) is 1.89. The predicted molar refractivity (Wildman–Crippen MR) is 55.4 cm³/mol. The zero-order valence-corrected chi connectivity index (χ0v) is 9.59. The quantitative estimate of drug-likeness (QED) is 0.900. The second-order valence-electron chi connectivity index (χ2n) is 2.57. The monoisotopic (exact) mass is 281 g/mol. The number of hydrogen-bond donors (Lipinski definition) is 1. The summed E-state index contributed by atoms with van der Waals surface area (Å²) in [5, 5.41) is 2.94. The van der Waals surface area contributed by atoms with E-state index in [1.807, 2.05) is 6.92 Å². The average Bonchev–Trinajstić information content (AvgIpc) is 2.19. The molecule has 0 aromatic carbocycles. The van der Waals surface area contributed by atoms with Gasteiger partial charge in [0.1, 0.15) is 16.6 Å². The van der Waals surface area contributed by atoms with Crippen LogP contribution in [0.15, 0.2) is 10.8 Å². The normalized spacial score (nSPS) is 10.5. The van der Waals surface area contributed by atoms with E-state index in [4.69, 9.17) is 4.74 Å². The lowest BCUT2D eigenvalue weighted by atomic mass is 10.5. The van der Waals surface area contributed by atoms with Crippen LogP contribution in [0.4, 0.5) is 14.6 Å². The van der Waals surface area contributed by atoms with E-state index in [1.54, 1.807) is 0 Å². The molecule has 0 radical (unpaired) electrons. The van der Waals surface area contributed by atoms with E-state index in [0.717, 1.165) is 0 Å². The van der Waals surface area contributed by atoms with Gasteiger partial charge in [-0.05, 0) is 22.9 Å². The van der Waals surface area contributed by atoms with Crippen LogP contribution in [0.1, 0.15) is 6.92 Å². The molecule has 0 aliphatic rings. The van der Waals surface area contributed by atoms with Crippen LogP contribution in [0, 0.1) is 0 Å². The Morgan fingerprint density at radius 1 is 1.53 bits per heavy atom. The van der Waals surface area contributed by atoms with Crippen molar-refractivity contribution in [3.8, 4) is 5.88 Å². The van der Waals surface area contributed by atoms with Crippen LogP contribution >= 0.6 is 15.9 Å². The zero-order chi connectivity index (χ0) is 11.3. The Morgan fingerprint density at radius 2 is 2.27 bits per heavy atom. The van der Waals surface area contributed by atoms with Crippen molar-refractivity contribution in [2.75, 3.05) is 18.5 Å². The number of rotatable bonds is 5. The fourth-order valence-electron chi connectivity index (χ4n) is 0.887. The van der Waals surface area contributed by atoms with E-state index in [-0.39, 0.29) is 5.88 Å². The molecule has 0 amide bonds. The summed E-state index contributed by atoms with van der Waals surface area (Å²) in [6, 6.07) is 0. The van der Waals surface area contributed by atoms with Gasteiger partial charge in [-0.2, -0.15) is 0 Å². The van der Waals surface area contributed by atoms with Crippen LogP contribution in [-0.2, 0) is 0 Å². The maximum absolute atomic E-state index is 11.9. The largest absolute Gasteiger partial charge is 0.471 e. The van der Waals surface area contributed by atoms with Crippen molar-refractivity contribution in [3.63, 3.8) is 0 Å². The molecule has 0 aliphatic heterocycles. The molecule has 15 heavy (non-hydrogen) atoms. The Bertz CT molecular complexity index is 325. The van der Waals surface area contributed by atoms with Gasteiger partial charge in [-0.3, -0.25) is 0 Å². The molecule has 0 bridgehead atoms. The Morgan fingerprint density at radius 3 is 2.87 bits per heavy atom. The second-order valence-corrected chi connectivity index (χ2v) is 3.37. The van der Waals surface area contributed by atoms with Gasteiger partial charge in [0.15, 0.2) is 6.61 Å². The minimum Gasteiger partial charge on any atom is -0.471 e. The highest BCUT2D eigenvalue weighted by Crippen LogP contribution is 2.28. The third kappa shape index (κ3) is 3.58. The fraction of sp³-hybridized carbons (Fsp3) is 0.500. The molecule has 0 aliphatic carbocycles. The maximum atomic E-state index is 11.9. The topological polar surface area (TPSA) is 47.0 Å². The first-order valence-electron chi connectivity index (χ1n) is 4.30. The van der Waals surface area contributed by atoms with Crippen LogP contribution in [0.3, 0.4) is 0 Å². The molecule has 7 heteroatoms. The molecule has 1 aromatic heterocycles. The Labute approximate surface area is 94.2 Å². The van der Waals surface area contributed by atoms with Gasteiger partial charge in [0.25, 0.3) is 6.43 Å². The van der Waals surface area contributed by atoms with Crippen molar-refractivity contribution in [2.24, 2.45) is 0 Å². The average molecular weight is 282 g/mol. The van der Waals surface area contributed by atoms with Gasteiger partial charge in [0.05, 0.1) is 0 Å². The molecule has 0 spiro atoms. The van der Waals surface area contributed by atoms with E-state index in [1.165, 1.54) is 6.33 Å². The summed E-state index contributed by atoms with van der Waals surface area (Å²) in [7, 11) is 0.